The molecule has 3 rings (SSSR count). The molecule has 0 aromatic heterocycles. The molecule has 0 saturated heterocycles. The third kappa shape index (κ3) is 4.80. The Morgan fingerprint density at radius 1 is 1.00 bits per heavy atom. The molecule has 2 nitrogen and oxygen atoms in total. The molecule has 1 N–H and O–H groups in total. The number of hydrogen-bond acceptors (Lipinski definition) is 2. The summed E-state index contributed by atoms with van der Waals surface area (Å²) in [5.74, 6) is 0.524. The first kappa shape index (κ1) is 21.8. The summed E-state index contributed by atoms with van der Waals surface area (Å²) in [6, 6.07) is 21.7. The molecular weight excluding hydrogens is 372 g/mol. The monoisotopic (exact) mass is 406 g/mol. The first-order valence-electron chi connectivity index (χ1n) is 10.7. The fourth-order valence-corrected chi connectivity index (χ4v) is 9.18. The zero-order chi connectivity index (χ0) is 20.7. The van der Waals surface area contributed by atoms with Crippen LogP contribution in [0.15, 0.2) is 84.5 Å². The van der Waals surface area contributed by atoms with Crippen molar-refractivity contribution in [3.8, 4) is 0 Å². The van der Waals surface area contributed by atoms with Crippen molar-refractivity contribution in [3.63, 3.8) is 0 Å². The molecule has 0 aliphatic heterocycles. The van der Waals surface area contributed by atoms with E-state index in [2.05, 4.69) is 93.6 Å². The first-order valence-corrected chi connectivity index (χ1v) is 12.6. The van der Waals surface area contributed by atoms with Gasteiger partial charge in [-0.2, -0.15) is 0 Å². The highest BCUT2D eigenvalue weighted by Gasteiger charge is 2.50. The van der Waals surface area contributed by atoms with Gasteiger partial charge in [0.15, 0.2) is 0 Å². The largest absolute Gasteiger partial charge is 0.407 e. The summed E-state index contributed by atoms with van der Waals surface area (Å²) >= 11 is 0. The lowest BCUT2D eigenvalue weighted by Gasteiger charge is -2.43. The van der Waals surface area contributed by atoms with E-state index in [1.165, 1.54) is 22.4 Å². The van der Waals surface area contributed by atoms with Crippen molar-refractivity contribution in [1.82, 2.24) is 0 Å². The van der Waals surface area contributed by atoms with Crippen LogP contribution in [0.25, 0.3) is 0 Å². The van der Waals surface area contributed by atoms with Crippen LogP contribution in [0.3, 0.4) is 0 Å². The number of allylic oxidation sites excluding steroid dienone is 3. The van der Waals surface area contributed by atoms with Crippen LogP contribution < -0.4 is 10.4 Å². The second-order valence-electron chi connectivity index (χ2n) is 8.86. The van der Waals surface area contributed by atoms with E-state index in [9.17, 15) is 0 Å². The highest BCUT2D eigenvalue weighted by Crippen LogP contribution is 2.37. The van der Waals surface area contributed by atoms with Crippen LogP contribution in [0.5, 0.6) is 0 Å². The average molecular weight is 407 g/mol. The van der Waals surface area contributed by atoms with Crippen LogP contribution in [-0.2, 0) is 4.43 Å². The molecule has 2 aromatic carbocycles. The molecular formula is C26H34O2Si. The van der Waals surface area contributed by atoms with E-state index in [1.54, 1.807) is 0 Å². The van der Waals surface area contributed by atoms with Crippen molar-refractivity contribution >= 4 is 18.7 Å². The van der Waals surface area contributed by atoms with Gasteiger partial charge in [-0.25, -0.2) is 0 Å². The second kappa shape index (κ2) is 9.71. The Morgan fingerprint density at radius 2 is 1.59 bits per heavy atom. The van der Waals surface area contributed by atoms with Gasteiger partial charge in [0.2, 0.25) is 0 Å². The smallest absolute Gasteiger partial charge is 0.261 e. The van der Waals surface area contributed by atoms with Gasteiger partial charge < -0.3 is 9.53 Å². The minimum Gasteiger partial charge on any atom is -0.407 e. The lowest BCUT2D eigenvalue weighted by Crippen LogP contribution is -2.66. The van der Waals surface area contributed by atoms with E-state index >= 15 is 0 Å². The Labute approximate surface area is 177 Å². The molecule has 0 saturated carbocycles. The molecule has 0 bridgehead atoms. The molecule has 0 amide bonds. The molecule has 3 heteroatoms. The molecule has 1 unspecified atom stereocenters. The molecule has 1 aliphatic rings. The minimum atomic E-state index is -2.45. The maximum Gasteiger partial charge on any atom is 0.261 e. The van der Waals surface area contributed by atoms with Crippen LogP contribution >= 0.6 is 0 Å². The van der Waals surface area contributed by atoms with Crippen molar-refractivity contribution < 1.29 is 9.53 Å². The van der Waals surface area contributed by atoms with Gasteiger partial charge in [0.05, 0.1) is 6.61 Å². The van der Waals surface area contributed by atoms with Crippen LogP contribution in [0.4, 0.5) is 0 Å². The zero-order valence-corrected chi connectivity index (χ0v) is 19.0. The molecule has 1 atom stereocenters. The summed E-state index contributed by atoms with van der Waals surface area (Å²) in [5, 5.41) is 11.8. The van der Waals surface area contributed by atoms with Gasteiger partial charge in [0.25, 0.3) is 8.32 Å². The Morgan fingerprint density at radius 3 is 2.10 bits per heavy atom. The lowest BCUT2D eigenvalue weighted by atomic mass is 9.98. The van der Waals surface area contributed by atoms with Crippen LogP contribution in [0, 0.1) is 5.92 Å². The molecule has 2 aromatic rings. The van der Waals surface area contributed by atoms with Gasteiger partial charge in [0.1, 0.15) is 0 Å². The van der Waals surface area contributed by atoms with Crippen molar-refractivity contribution in [2.24, 2.45) is 5.92 Å². The topological polar surface area (TPSA) is 29.5 Å². The van der Waals surface area contributed by atoms with Gasteiger partial charge in [-0.15, -0.1) is 0 Å². The number of aliphatic hydroxyl groups is 1. The number of benzene rings is 2. The van der Waals surface area contributed by atoms with Crippen LogP contribution in [0.2, 0.25) is 5.04 Å². The Bertz CT molecular complexity index is 779. The highest BCUT2D eigenvalue weighted by molar-refractivity contribution is 6.99. The van der Waals surface area contributed by atoms with E-state index in [0.29, 0.717) is 5.92 Å². The summed E-state index contributed by atoms with van der Waals surface area (Å²) in [4.78, 5) is 0. The average Bonchev–Trinajstić information content (AvgIpc) is 3.17. The Kier molecular flexibility index (Phi) is 7.28. The van der Waals surface area contributed by atoms with E-state index in [0.717, 1.165) is 19.4 Å². The van der Waals surface area contributed by atoms with Crippen molar-refractivity contribution in [3.05, 3.63) is 84.5 Å². The number of rotatable bonds is 8. The maximum atomic E-state index is 9.10. The second-order valence-corrected chi connectivity index (χ2v) is 13.2. The van der Waals surface area contributed by atoms with E-state index in [4.69, 9.17) is 9.53 Å². The van der Waals surface area contributed by atoms with Crippen molar-refractivity contribution in [2.45, 2.75) is 45.1 Å². The molecule has 0 fully saturated rings. The Balaban J connectivity index is 1.88. The van der Waals surface area contributed by atoms with Gasteiger partial charge in [0, 0.05) is 6.61 Å². The zero-order valence-electron chi connectivity index (χ0n) is 18.0. The van der Waals surface area contributed by atoms with Gasteiger partial charge in [-0.1, -0.05) is 99.7 Å². The molecule has 0 radical (unpaired) electrons. The lowest BCUT2D eigenvalue weighted by molar-refractivity contribution is 0.272. The molecule has 0 spiro atoms. The van der Waals surface area contributed by atoms with E-state index in [1.807, 2.05) is 6.08 Å². The summed E-state index contributed by atoms with van der Waals surface area (Å²) in [7, 11) is -2.45. The summed E-state index contributed by atoms with van der Waals surface area (Å²) in [6.07, 6.45) is 9.55. The molecule has 154 valence electrons. The summed E-state index contributed by atoms with van der Waals surface area (Å²) in [5.41, 5.74) is 1.35. The van der Waals surface area contributed by atoms with Crippen molar-refractivity contribution in [2.75, 3.05) is 13.2 Å². The van der Waals surface area contributed by atoms with Gasteiger partial charge in [-0.05, 0) is 46.2 Å². The fourth-order valence-electron chi connectivity index (χ4n) is 4.60. The molecule has 1 aliphatic carbocycles. The van der Waals surface area contributed by atoms with Crippen LogP contribution in [-0.4, -0.2) is 26.6 Å². The predicted molar refractivity (Wildman–Crippen MR) is 125 cm³/mol. The molecule has 29 heavy (non-hydrogen) atoms. The SMILES string of the molecule is CC(C)(C)[Si](OCCC1CCC=C1/C=C\CO)(c1ccccc1)c1ccccc1. The molecule has 0 heterocycles. The first-order chi connectivity index (χ1) is 14.0. The van der Waals surface area contributed by atoms with Gasteiger partial charge in [-0.3, -0.25) is 0 Å². The summed E-state index contributed by atoms with van der Waals surface area (Å²) in [6.45, 7) is 7.82. The van der Waals surface area contributed by atoms with E-state index < -0.39 is 8.32 Å². The predicted octanol–water partition coefficient (Wildman–Crippen LogP) is 4.84. The quantitative estimate of drug-likeness (QED) is 0.636. The van der Waals surface area contributed by atoms with Gasteiger partial charge >= 0.3 is 0 Å². The number of hydrogen-bond donors (Lipinski definition) is 1. The minimum absolute atomic E-state index is 0.0147. The standard InChI is InChI=1S/C26H34O2Si/c1-26(2,3)29(24-15-6-4-7-16-24,25-17-8-5-9-18-25)28-21-19-23-13-10-12-22(23)14-11-20-27/h4-9,11-12,14-18,23,27H,10,13,19-21H2,1-3H3/b14-11-. The summed E-state index contributed by atoms with van der Waals surface area (Å²) < 4.78 is 7.02. The Hall–Kier alpha value is -1.94. The normalized spacial score (nSPS) is 17.7. The fraction of sp³-hybridized carbons (Fsp3) is 0.385. The maximum absolute atomic E-state index is 9.10. The van der Waals surface area contributed by atoms with Crippen LogP contribution in [0.1, 0.15) is 40.0 Å². The highest BCUT2D eigenvalue weighted by atomic mass is 28.4. The number of aliphatic hydroxyl groups excluding tert-OH is 1. The third-order valence-electron chi connectivity index (χ3n) is 5.98. The van der Waals surface area contributed by atoms with E-state index in [-0.39, 0.29) is 11.6 Å². The third-order valence-corrected chi connectivity index (χ3v) is 11.0. The van der Waals surface area contributed by atoms with Crippen molar-refractivity contribution in [1.29, 1.82) is 0 Å².